The van der Waals surface area contributed by atoms with Gasteiger partial charge in [0.25, 0.3) is 10.2 Å². The number of hydrogen-bond acceptors (Lipinski definition) is 7. The van der Waals surface area contributed by atoms with Gasteiger partial charge < -0.3 is 15.0 Å². The number of aryl methyl sites for hydroxylation is 1. The predicted molar refractivity (Wildman–Crippen MR) is 130 cm³/mol. The molecule has 1 saturated heterocycles. The molecule has 4 N–H and O–H groups in total. The van der Waals surface area contributed by atoms with Crippen molar-refractivity contribution in [2.75, 3.05) is 38.3 Å². The maximum absolute atomic E-state index is 11.7. The lowest BCUT2D eigenvalue weighted by Crippen LogP contribution is -2.45. The maximum Gasteiger partial charge on any atom is 0.276 e. The Morgan fingerprint density at radius 3 is 2.84 bits per heavy atom. The van der Waals surface area contributed by atoms with E-state index in [1.807, 2.05) is 30.0 Å². The molecule has 0 bridgehead atoms. The molecule has 3 aromatic rings. The minimum Gasteiger partial charge on any atom is -0.384 e. The summed E-state index contributed by atoms with van der Waals surface area (Å²) in [6, 6.07) is 7.99. The molecule has 11 heteroatoms. The number of hydrogen-bond donors (Lipinski definition) is 2. The van der Waals surface area contributed by atoms with Gasteiger partial charge in [-0.2, -0.15) is 24.5 Å². The van der Waals surface area contributed by atoms with E-state index in [9.17, 15) is 8.42 Å². The van der Waals surface area contributed by atoms with Gasteiger partial charge in [-0.05, 0) is 18.9 Å². The number of nitrogens with zero attached hydrogens (tertiary/aromatic N) is 4. The summed E-state index contributed by atoms with van der Waals surface area (Å²) in [6.45, 7) is 2.37. The van der Waals surface area contributed by atoms with E-state index in [1.165, 1.54) is 4.31 Å². The zero-order chi connectivity index (χ0) is 22.7. The Morgan fingerprint density at radius 1 is 1.25 bits per heavy atom. The van der Waals surface area contributed by atoms with E-state index in [0.717, 1.165) is 59.3 Å². The fourth-order valence-electron chi connectivity index (χ4n) is 4.27. The number of unbranched alkanes of at least 4 members (excludes halogenated alkanes) is 1. The molecule has 1 aromatic carbocycles. The zero-order valence-corrected chi connectivity index (χ0v) is 19.9. The fourth-order valence-corrected chi connectivity index (χ4v) is 6.49. The van der Waals surface area contributed by atoms with E-state index in [4.69, 9.17) is 20.6 Å². The van der Waals surface area contributed by atoms with Crippen LogP contribution in [0.4, 0.5) is 5.82 Å². The van der Waals surface area contributed by atoms with Crippen LogP contribution in [0, 0.1) is 0 Å². The van der Waals surface area contributed by atoms with Gasteiger partial charge in [-0.3, -0.25) is 0 Å². The number of nitrogens with two attached hydrogens (primary N) is 2. The van der Waals surface area contributed by atoms with Gasteiger partial charge in [0.1, 0.15) is 11.3 Å². The molecular weight excluding hydrogens is 448 g/mol. The maximum atomic E-state index is 11.7. The first kappa shape index (κ1) is 23.2. The van der Waals surface area contributed by atoms with Crippen molar-refractivity contribution in [1.29, 1.82) is 0 Å². The first-order valence-electron chi connectivity index (χ1n) is 10.8. The van der Waals surface area contributed by atoms with E-state index in [-0.39, 0.29) is 5.25 Å². The fraction of sp³-hybridized carbons (Fsp3) is 0.524. The first-order chi connectivity index (χ1) is 15.4. The van der Waals surface area contributed by atoms with Crippen molar-refractivity contribution in [3.63, 3.8) is 0 Å². The van der Waals surface area contributed by atoms with Crippen molar-refractivity contribution in [3.8, 4) is 0 Å². The van der Waals surface area contributed by atoms with Crippen LogP contribution in [0.15, 0.2) is 24.3 Å². The van der Waals surface area contributed by atoms with Gasteiger partial charge in [-0.1, -0.05) is 24.6 Å². The molecule has 174 valence electrons. The van der Waals surface area contributed by atoms with Crippen LogP contribution < -0.4 is 10.9 Å². The highest BCUT2D eigenvalue weighted by atomic mass is 32.2. The Hall–Kier alpha value is -1.92. The molecule has 0 saturated carbocycles. The summed E-state index contributed by atoms with van der Waals surface area (Å²) in [7, 11) is -1.93. The van der Waals surface area contributed by atoms with Crippen LogP contribution in [0.3, 0.4) is 0 Å². The van der Waals surface area contributed by atoms with Crippen LogP contribution in [0.2, 0.25) is 0 Å². The second kappa shape index (κ2) is 9.92. The second-order valence-corrected chi connectivity index (χ2v) is 11.0. The minimum absolute atomic E-state index is 0.273. The largest absolute Gasteiger partial charge is 0.384 e. The number of anilines is 1. The Balaban J connectivity index is 1.51. The van der Waals surface area contributed by atoms with E-state index in [2.05, 4.69) is 15.6 Å². The lowest BCUT2D eigenvalue weighted by molar-refractivity contribution is 0.199. The highest BCUT2D eigenvalue weighted by Crippen LogP contribution is 2.30. The molecule has 1 fully saturated rings. The SMILES string of the molecule is COCCc1nc2c(N)nc3ccccc3c2n1CCCCC1CN(S(N)(=O)=O)CCS1. The summed E-state index contributed by atoms with van der Waals surface area (Å²) in [4.78, 5) is 9.34. The second-order valence-electron chi connectivity index (χ2n) is 8.03. The molecule has 9 nitrogen and oxygen atoms in total. The number of benzene rings is 1. The lowest BCUT2D eigenvalue weighted by atomic mass is 10.1. The molecule has 3 heterocycles. The van der Waals surface area contributed by atoms with Crippen molar-refractivity contribution in [2.24, 2.45) is 5.14 Å². The summed E-state index contributed by atoms with van der Waals surface area (Å²) in [6.07, 6.45) is 3.58. The normalized spacial score (nSPS) is 18.0. The summed E-state index contributed by atoms with van der Waals surface area (Å²) < 4.78 is 32.2. The molecule has 0 radical (unpaired) electrons. The predicted octanol–water partition coefficient (Wildman–Crippen LogP) is 2.15. The number of rotatable bonds is 9. The van der Waals surface area contributed by atoms with Crippen molar-refractivity contribution >= 4 is 49.7 Å². The van der Waals surface area contributed by atoms with Gasteiger partial charge in [-0.25, -0.2) is 15.1 Å². The van der Waals surface area contributed by atoms with Crippen molar-refractivity contribution in [1.82, 2.24) is 18.8 Å². The molecule has 1 unspecified atom stereocenters. The van der Waals surface area contributed by atoms with E-state index < -0.39 is 10.2 Å². The number of imidazole rings is 1. The number of nitrogen functional groups attached to an aromatic ring is 1. The molecular formula is C21H30N6O3S2. The van der Waals surface area contributed by atoms with Crippen LogP contribution in [-0.2, 0) is 27.9 Å². The van der Waals surface area contributed by atoms with Gasteiger partial charge in [0.05, 0.1) is 17.6 Å². The third-order valence-electron chi connectivity index (χ3n) is 5.84. The highest BCUT2D eigenvalue weighted by Gasteiger charge is 2.26. The number of pyridine rings is 1. The van der Waals surface area contributed by atoms with Crippen molar-refractivity contribution < 1.29 is 13.2 Å². The number of aromatic nitrogens is 3. The number of thioether (sulfide) groups is 1. The van der Waals surface area contributed by atoms with Gasteiger partial charge in [0, 0.05) is 49.6 Å². The quantitative estimate of drug-likeness (QED) is 0.451. The van der Waals surface area contributed by atoms with Crippen LogP contribution >= 0.6 is 11.8 Å². The lowest BCUT2D eigenvalue weighted by Gasteiger charge is -2.30. The summed E-state index contributed by atoms with van der Waals surface area (Å²) in [5.41, 5.74) is 8.87. The van der Waals surface area contributed by atoms with Crippen LogP contribution in [0.25, 0.3) is 21.9 Å². The average Bonchev–Trinajstić information content (AvgIpc) is 3.14. The summed E-state index contributed by atoms with van der Waals surface area (Å²) in [5.74, 6) is 2.17. The van der Waals surface area contributed by atoms with Gasteiger partial charge in [-0.15, -0.1) is 0 Å². The van der Waals surface area contributed by atoms with Gasteiger partial charge in [0.2, 0.25) is 0 Å². The number of methoxy groups -OCH3 is 1. The standard InChI is InChI=1S/C21H30N6O3S2/c1-30-12-9-18-25-19-20(16-7-2-3-8-17(16)24-21(19)22)27(18)10-5-4-6-15-14-26(11-13-31-15)32(23,28)29/h2-3,7-8,15H,4-6,9-14H2,1H3,(H2,22,24)(H2,23,28,29). The molecule has 1 atom stereocenters. The van der Waals surface area contributed by atoms with Crippen molar-refractivity contribution in [3.05, 3.63) is 30.1 Å². The third-order valence-corrected chi connectivity index (χ3v) is 8.16. The molecule has 0 amide bonds. The Kier molecular flexibility index (Phi) is 7.21. The number of ether oxygens (including phenoxy) is 1. The van der Waals surface area contributed by atoms with Crippen LogP contribution in [-0.4, -0.2) is 65.1 Å². The Labute approximate surface area is 192 Å². The van der Waals surface area contributed by atoms with Gasteiger partial charge >= 0.3 is 0 Å². The molecule has 1 aliphatic rings. The molecule has 32 heavy (non-hydrogen) atoms. The Bertz CT molecular complexity index is 1200. The van der Waals surface area contributed by atoms with E-state index >= 15 is 0 Å². The van der Waals surface area contributed by atoms with Crippen LogP contribution in [0.5, 0.6) is 0 Å². The number of para-hydroxylation sites is 1. The third kappa shape index (κ3) is 5.01. The molecule has 2 aromatic heterocycles. The van der Waals surface area contributed by atoms with Crippen LogP contribution in [0.1, 0.15) is 25.1 Å². The zero-order valence-electron chi connectivity index (χ0n) is 18.2. The molecule has 1 aliphatic heterocycles. The van der Waals surface area contributed by atoms with E-state index in [1.54, 1.807) is 7.11 Å². The topological polar surface area (TPSA) is 129 Å². The molecule has 0 spiro atoms. The number of fused-ring (bicyclic) bond motifs is 3. The first-order valence-corrected chi connectivity index (χ1v) is 13.4. The van der Waals surface area contributed by atoms with E-state index in [0.29, 0.717) is 31.9 Å². The Morgan fingerprint density at radius 2 is 2.06 bits per heavy atom. The van der Waals surface area contributed by atoms with Crippen molar-refractivity contribution in [2.45, 2.75) is 37.5 Å². The monoisotopic (exact) mass is 478 g/mol. The smallest absolute Gasteiger partial charge is 0.276 e. The summed E-state index contributed by atoms with van der Waals surface area (Å²) >= 11 is 1.83. The highest BCUT2D eigenvalue weighted by molar-refractivity contribution is 8.00. The molecule has 4 rings (SSSR count). The van der Waals surface area contributed by atoms with Gasteiger partial charge in [0.15, 0.2) is 5.82 Å². The average molecular weight is 479 g/mol. The summed E-state index contributed by atoms with van der Waals surface area (Å²) in [5, 5.41) is 6.63. The minimum atomic E-state index is -3.61. The molecule has 0 aliphatic carbocycles.